The zero-order valence-corrected chi connectivity index (χ0v) is 12.7. The van der Waals surface area contributed by atoms with E-state index in [1.807, 2.05) is 13.8 Å². The molecule has 1 amide bonds. The van der Waals surface area contributed by atoms with Gasteiger partial charge in [0.15, 0.2) is 6.61 Å². The molecule has 7 heteroatoms. The molecule has 0 aliphatic carbocycles. The average Bonchev–Trinajstić information content (AvgIpc) is 2.44. The van der Waals surface area contributed by atoms with Gasteiger partial charge in [0.1, 0.15) is 5.15 Å². The first-order valence-corrected chi connectivity index (χ1v) is 7.05. The summed E-state index contributed by atoms with van der Waals surface area (Å²) >= 11 is 5.64. The SMILES string of the molecule is C[C@@H]1CN(C(=O)COC(=O)c2ccc(Cl)nc2)C[C@@H](C)O1. The van der Waals surface area contributed by atoms with E-state index in [1.54, 1.807) is 4.90 Å². The first-order chi connectivity index (χ1) is 9.95. The average molecular weight is 313 g/mol. The summed E-state index contributed by atoms with van der Waals surface area (Å²) in [6.07, 6.45) is 1.27. The van der Waals surface area contributed by atoms with E-state index in [9.17, 15) is 9.59 Å². The largest absolute Gasteiger partial charge is 0.452 e. The summed E-state index contributed by atoms with van der Waals surface area (Å²) in [5, 5.41) is 0.291. The van der Waals surface area contributed by atoms with Crippen molar-refractivity contribution in [3.63, 3.8) is 0 Å². The van der Waals surface area contributed by atoms with Crippen LogP contribution in [-0.4, -0.2) is 53.7 Å². The molecule has 2 rings (SSSR count). The molecule has 1 aromatic heterocycles. The van der Waals surface area contributed by atoms with Crippen LogP contribution in [0.15, 0.2) is 18.3 Å². The number of hydrogen-bond acceptors (Lipinski definition) is 5. The first kappa shape index (κ1) is 15.7. The molecule has 0 radical (unpaired) electrons. The fourth-order valence-corrected chi connectivity index (χ4v) is 2.29. The molecule has 0 bridgehead atoms. The maximum absolute atomic E-state index is 12.0. The van der Waals surface area contributed by atoms with Gasteiger partial charge in [-0.3, -0.25) is 4.79 Å². The monoisotopic (exact) mass is 312 g/mol. The Morgan fingerprint density at radius 2 is 2.05 bits per heavy atom. The van der Waals surface area contributed by atoms with Crippen LogP contribution in [0.5, 0.6) is 0 Å². The van der Waals surface area contributed by atoms with Crippen molar-refractivity contribution in [3.05, 3.63) is 29.0 Å². The standard InChI is InChI=1S/C14H17ClN2O4/c1-9-6-17(7-10(2)21-9)13(18)8-20-14(19)11-3-4-12(15)16-5-11/h3-5,9-10H,6-8H2,1-2H3/t9-,10-/m1/s1. The van der Waals surface area contributed by atoms with Crippen molar-refractivity contribution >= 4 is 23.5 Å². The summed E-state index contributed by atoms with van der Waals surface area (Å²) in [7, 11) is 0. The van der Waals surface area contributed by atoms with Gasteiger partial charge in [-0.2, -0.15) is 0 Å². The van der Waals surface area contributed by atoms with Gasteiger partial charge < -0.3 is 14.4 Å². The van der Waals surface area contributed by atoms with Gasteiger partial charge in [-0.1, -0.05) is 11.6 Å². The fourth-order valence-electron chi connectivity index (χ4n) is 2.18. The summed E-state index contributed by atoms with van der Waals surface area (Å²) in [4.78, 5) is 29.2. The fraction of sp³-hybridized carbons (Fsp3) is 0.500. The number of rotatable bonds is 3. The van der Waals surface area contributed by atoms with Crippen LogP contribution in [0.25, 0.3) is 0 Å². The Bertz CT molecular complexity index is 510. The Hall–Kier alpha value is -1.66. The van der Waals surface area contributed by atoms with E-state index in [2.05, 4.69) is 4.98 Å². The molecule has 0 N–H and O–H groups in total. The van der Waals surface area contributed by atoms with Crippen molar-refractivity contribution in [2.75, 3.05) is 19.7 Å². The Morgan fingerprint density at radius 1 is 1.38 bits per heavy atom. The molecular weight excluding hydrogens is 296 g/mol. The zero-order chi connectivity index (χ0) is 15.4. The number of pyridine rings is 1. The normalized spacial score (nSPS) is 22.0. The highest BCUT2D eigenvalue weighted by Gasteiger charge is 2.26. The van der Waals surface area contributed by atoms with Crippen molar-refractivity contribution in [1.29, 1.82) is 0 Å². The van der Waals surface area contributed by atoms with E-state index in [-0.39, 0.29) is 30.3 Å². The quantitative estimate of drug-likeness (QED) is 0.625. The minimum Gasteiger partial charge on any atom is -0.452 e. The van der Waals surface area contributed by atoms with Crippen LogP contribution in [0.3, 0.4) is 0 Å². The van der Waals surface area contributed by atoms with E-state index in [1.165, 1.54) is 18.3 Å². The third-order valence-electron chi connectivity index (χ3n) is 3.06. The highest BCUT2D eigenvalue weighted by Crippen LogP contribution is 2.11. The van der Waals surface area contributed by atoms with Crippen molar-refractivity contribution in [1.82, 2.24) is 9.88 Å². The molecule has 0 spiro atoms. The number of carbonyl (C=O) groups is 2. The van der Waals surface area contributed by atoms with Gasteiger partial charge in [0.25, 0.3) is 5.91 Å². The summed E-state index contributed by atoms with van der Waals surface area (Å²) in [5.74, 6) is -0.825. The lowest BCUT2D eigenvalue weighted by Crippen LogP contribution is -2.49. The third-order valence-corrected chi connectivity index (χ3v) is 3.29. The van der Waals surface area contributed by atoms with Crippen molar-refractivity contribution in [2.24, 2.45) is 0 Å². The number of esters is 1. The van der Waals surface area contributed by atoms with Gasteiger partial charge in [-0.05, 0) is 26.0 Å². The van der Waals surface area contributed by atoms with Gasteiger partial charge >= 0.3 is 5.97 Å². The Balaban J connectivity index is 1.86. The van der Waals surface area contributed by atoms with Gasteiger partial charge in [-0.25, -0.2) is 9.78 Å². The minimum absolute atomic E-state index is 0.0196. The maximum atomic E-state index is 12.0. The first-order valence-electron chi connectivity index (χ1n) is 6.67. The van der Waals surface area contributed by atoms with Gasteiger partial charge in [0.05, 0.1) is 17.8 Å². The smallest absolute Gasteiger partial charge is 0.340 e. The molecule has 1 fully saturated rings. The maximum Gasteiger partial charge on any atom is 0.340 e. The summed E-state index contributed by atoms with van der Waals surface area (Å²) < 4.78 is 10.5. The van der Waals surface area contributed by atoms with Gasteiger partial charge in [0, 0.05) is 19.3 Å². The molecule has 21 heavy (non-hydrogen) atoms. The van der Waals surface area contributed by atoms with Crippen LogP contribution >= 0.6 is 11.6 Å². The highest BCUT2D eigenvalue weighted by molar-refractivity contribution is 6.29. The van der Waals surface area contributed by atoms with Crippen molar-refractivity contribution in [2.45, 2.75) is 26.1 Å². The number of nitrogens with zero attached hydrogens (tertiary/aromatic N) is 2. The second kappa shape index (κ2) is 6.87. The van der Waals surface area contributed by atoms with E-state index < -0.39 is 5.97 Å². The molecule has 1 aliphatic heterocycles. The molecule has 0 unspecified atom stereocenters. The highest BCUT2D eigenvalue weighted by atomic mass is 35.5. The predicted molar refractivity (Wildman–Crippen MR) is 76.1 cm³/mol. The Morgan fingerprint density at radius 3 is 2.62 bits per heavy atom. The molecule has 1 aliphatic rings. The lowest BCUT2D eigenvalue weighted by molar-refractivity contribution is -0.146. The lowest BCUT2D eigenvalue weighted by Gasteiger charge is -2.35. The molecule has 2 heterocycles. The number of ether oxygens (including phenoxy) is 2. The Labute approximate surface area is 128 Å². The zero-order valence-electron chi connectivity index (χ0n) is 11.9. The second-order valence-electron chi connectivity index (χ2n) is 5.00. The third kappa shape index (κ3) is 4.41. The van der Waals surface area contributed by atoms with Gasteiger partial charge in [-0.15, -0.1) is 0 Å². The topological polar surface area (TPSA) is 68.7 Å². The van der Waals surface area contributed by atoms with Crippen LogP contribution in [0.2, 0.25) is 5.15 Å². The molecule has 0 saturated carbocycles. The second-order valence-corrected chi connectivity index (χ2v) is 5.39. The van der Waals surface area contributed by atoms with Crippen LogP contribution in [0.1, 0.15) is 24.2 Å². The molecule has 1 aromatic rings. The van der Waals surface area contributed by atoms with Gasteiger partial charge in [0.2, 0.25) is 0 Å². The molecule has 114 valence electrons. The number of aromatic nitrogens is 1. The van der Waals surface area contributed by atoms with Crippen molar-refractivity contribution < 1.29 is 19.1 Å². The minimum atomic E-state index is -0.595. The van der Waals surface area contributed by atoms with E-state index in [0.29, 0.717) is 18.2 Å². The van der Waals surface area contributed by atoms with Crippen LogP contribution in [0.4, 0.5) is 0 Å². The van der Waals surface area contributed by atoms with Crippen LogP contribution in [-0.2, 0) is 14.3 Å². The molecule has 6 nitrogen and oxygen atoms in total. The summed E-state index contributed by atoms with van der Waals surface area (Å²) in [6, 6.07) is 2.99. The number of amides is 1. The number of halogens is 1. The number of hydrogen-bond donors (Lipinski definition) is 0. The van der Waals surface area contributed by atoms with Crippen molar-refractivity contribution in [3.8, 4) is 0 Å². The molecule has 1 saturated heterocycles. The predicted octanol–water partition coefficient (Wildman–Crippen LogP) is 1.53. The lowest BCUT2D eigenvalue weighted by atomic mass is 10.2. The molecular formula is C14H17ClN2O4. The number of carbonyl (C=O) groups excluding carboxylic acids is 2. The van der Waals surface area contributed by atoms with E-state index >= 15 is 0 Å². The summed E-state index contributed by atoms with van der Waals surface area (Å²) in [6.45, 7) is 4.52. The van der Waals surface area contributed by atoms with E-state index in [0.717, 1.165) is 0 Å². The Kier molecular flexibility index (Phi) is 5.14. The summed E-state index contributed by atoms with van der Waals surface area (Å²) in [5.41, 5.74) is 0.260. The number of morpholine rings is 1. The van der Waals surface area contributed by atoms with Crippen LogP contribution < -0.4 is 0 Å². The van der Waals surface area contributed by atoms with E-state index in [4.69, 9.17) is 21.1 Å². The molecule has 2 atom stereocenters. The molecule has 0 aromatic carbocycles. The van der Waals surface area contributed by atoms with Crippen LogP contribution in [0, 0.1) is 0 Å².